The highest BCUT2D eigenvalue weighted by atomic mass is 16.5. The number of carbonyl (C=O) groups is 1. The second-order valence-electron chi connectivity index (χ2n) is 5.62. The van der Waals surface area contributed by atoms with Gasteiger partial charge in [-0.15, -0.1) is 0 Å². The Morgan fingerprint density at radius 1 is 1.08 bits per heavy atom. The topological polar surface area (TPSA) is 89.9 Å². The number of carbonyl (C=O) groups excluding carboxylic acids is 1. The van der Waals surface area contributed by atoms with E-state index in [-0.39, 0.29) is 11.3 Å². The van der Waals surface area contributed by atoms with Crippen LogP contribution in [-0.4, -0.2) is 32.8 Å². The van der Waals surface area contributed by atoms with E-state index < -0.39 is 5.97 Å². The highest BCUT2D eigenvalue weighted by Gasteiger charge is 2.10. The predicted octanol–water partition coefficient (Wildman–Crippen LogP) is 2.56. The van der Waals surface area contributed by atoms with Gasteiger partial charge in [0.15, 0.2) is 5.69 Å². The second kappa shape index (κ2) is 6.29. The number of ether oxygens (including phenoxy) is 1. The normalized spacial score (nSPS) is 10.8. The van der Waals surface area contributed by atoms with Gasteiger partial charge in [0.05, 0.1) is 23.7 Å². The summed E-state index contributed by atoms with van der Waals surface area (Å²) in [6, 6.07) is 16.1. The van der Waals surface area contributed by atoms with E-state index in [4.69, 9.17) is 0 Å². The molecular formula is C19H14N4O3. The Hall–Kier alpha value is -3.74. The number of aromatic amines is 1. The lowest BCUT2D eigenvalue weighted by Crippen LogP contribution is -2.09. The van der Waals surface area contributed by atoms with Gasteiger partial charge in [0.25, 0.3) is 5.56 Å². The molecule has 0 atom stereocenters. The van der Waals surface area contributed by atoms with Crippen molar-refractivity contribution in [1.29, 1.82) is 0 Å². The van der Waals surface area contributed by atoms with Gasteiger partial charge in [-0.3, -0.25) is 4.79 Å². The molecule has 26 heavy (non-hydrogen) atoms. The third-order valence-corrected chi connectivity index (χ3v) is 4.00. The molecule has 0 fully saturated rings. The number of aromatic nitrogens is 4. The zero-order valence-corrected chi connectivity index (χ0v) is 13.8. The molecule has 0 aliphatic carbocycles. The molecule has 2 aromatic carbocycles. The molecule has 4 aromatic rings. The Morgan fingerprint density at radius 3 is 2.62 bits per heavy atom. The molecule has 0 spiro atoms. The number of nitrogens with zero attached hydrogens (tertiary/aromatic N) is 3. The summed E-state index contributed by atoms with van der Waals surface area (Å²) in [4.78, 5) is 31.0. The quantitative estimate of drug-likeness (QED) is 0.576. The van der Waals surface area contributed by atoms with Gasteiger partial charge in [-0.25, -0.2) is 14.5 Å². The third kappa shape index (κ3) is 2.75. The monoisotopic (exact) mass is 346 g/mol. The molecule has 0 bridgehead atoms. The van der Waals surface area contributed by atoms with Crippen LogP contribution >= 0.6 is 0 Å². The first-order valence-electron chi connectivity index (χ1n) is 7.89. The Morgan fingerprint density at radius 2 is 1.85 bits per heavy atom. The van der Waals surface area contributed by atoms with Crippen LogP contribution in [0.3, 0.4) is 0 Å². The molecule has 0 aliphatic rings. The van der Waals surface area contributed by atoms with Crippen molar-refractivity contribution in [2.45, 2.75) is 0 Å². The molecular weight excluding hydrogens is 332 g/mol. The average molecular weight is 346 g/mol. The van der Waals surface area contributed by atoms with Crippen LogP contribution < -0.4 is 5.56 Å². The Labute approximate surface area is 147 Å². The van der Waals surface area contributed by atoms with E-state index >= 15 is 0 Å². The highest BCUT2D eigenvalue weighted by molar-refractivity contribution is 5.87. The maximum atomic E-state index is 12.2. The molecule has 0 saturated heterocycles. The molecule has 128 valence electrons. The molecule has 1 N–H and O–H groups in total. The van der Waals surface area contributed by atoms with Crippen molar-refractivity contribution in [2.75, 3.05) is 7.11 Å². The molecule has 2 aromatic heterocycles. The van der Waals surface area contributed by atoms with Crippen molar-refractivity contribution in [2.24, 2.45) is 0 Å². The number of hydrogen-bond acceptors (Lipinski definition) is 5. The first kappa shape index (κ1) is 15.8. The molecule has 7 heteroatoms. The van der Waals surface area contributed by atoms with Gasteiger partial charge in [0.1, 0.15) is 5.82 Å². The molecule has 0 unspecified atom stereocenters. The number of methoxy groups -OCH3 is 1. The molecule has 0 aliphatic heterocycles. The number of rotatable bonds is 3. The molecule has 0 radical (unpaired) electrons. The Bertz CT molecular complexity index is 1160. The summed E-state index contributed by atoms with van der Waals surface area (Å²) in [6.45, 7) is 0. The maximum absolute atomic E-state index is 12.2. The minimum atomic E-state index is -0.488. The summed E-state index contributed by atoms with van der Waals surface area (Å²) in [6.07, 6.45) is 1.68. The molecule has 4 rings (SSSR count). The van der Waals surface area contributed by atoms with E-state index in [1.54, 1.807) is 35.1 Å². The summed E-state index contributed by atoms with van der Waals surface area (Å²) in [5.74, 6) is 0.00859. The minimum absolute atomic E-state index is 0.176. The van der Waals surface area contributed by atoms with Crippen LogP contribution in [0.2, 0.25) is 0 Å². The van der Waals surface area contributed by atoms with E-state index in [9.17, 15) is 9.59 Å². The zero-order valence-electron chi connectivity index (χ0n) is 13.8. The standard InChI is InChI=1S/C19H14N4O3/c1-26-19(25)16-10-11-23(22-16)13-8-6-12(7-9-13)17-20-15-5-3-2-4-14(15)18(24)21-17/h2-11H,1H3,(H,20,21,24). The van der Waals surface area contributed by atoms with Gasteiger partial charge < -0.3 is 9.72 Å². The van der Waals surface area contributed by atoms with Crippen molar-refractivity contribution in [3.8, 4) is 17.1 Å². The van der Waals surface area contributed by atoms with Gasteiger partial charge in [0.2, 0.25) is 0 Å². The van der Waals surface area contributed by atoms with Crippen LogP contribution in [0.1, 0.15) is 10.5 Å². The number of nitrogens with one attached hydrogen (secondary N) is 1. The largest absolute Gasteiger partial charge is 0.464 e. The lowest BCUT2D eigenvalue weighted by Gasteiger charge is -2.05. The first-order chi connectivity index (χ1) is 12.7. The summed E-state index contributed by atoms with van der Waals surface area (Å²) < 4.78 is 6.23. The summed E-state index contributed by atoms with van der Waals surface area (Å²) in [5, 5.41) is 4.73. The number of fused-ring (bicyclic) bond motifs is 1. The average Bonchev–Trinajstić information content (AvgIpc) is 3.18. The fraction of sp³-hybridized carbons (Fsp3) is 0.0526. The Balaban J connectivity index is 1.69. The van der Waals surface area contributed by atoms with Gasteiger partial charge in [0, 0.05) is 11.8 Å². The lowest BCUT2D eigenvalue weighted by atomic mass is 10.1. The third-order valence-electron chi connectivity index (χ3n) is 4.00. The van der Waals surface area contributed by atoms with Gasteiger partial charge in [-0.2, -0.15) is 5.10 Å². The summed E-state index contributed by atoms with van der Waals surface area (Å²) in [5.41, 5.74) is 2.25. The van der Waals surface area contributed by atoms with E-state index in [2.05, 4.69) is 19.8 Å². The predicted molar refractivity (Wildman–Crippen MR) is 96.3 cm³/mol. The molecule has 0 saturated carbocycles. The van der Waals surface area contributed by atoms with Crippen LogP contribution in [0.25, 0.3) is 28.0 Å². The number of esters is 1. The SMILES string of the molecule is COC(=O)c1ccn(-c2ccc(-c3nc4ccccc4c(=O)[nH]3)cc2)n1. The molecule has 7 nitrogen and oxygen atoms in total. The van der Waals surface area contributed by atoms with Crippen molar-refractivity contribution in [3.05, 3.63) is 76.8 Å². The van der Waals surface area contributed by atoms with Gasteiger partial charge >= 0.3 is 5.97 Å². The number of H-pyrrole nitrogens is 1. The molecule has 2 heterocycles. The van der Waals surface area contributed by atoms with Crippen molar-refractivity contribution >= 4 is 16.9 Å². The van der Waals surface area contributed by atoms with E-state index in [1.807, 2.05) is 30.3 Å². The van der Waals surface area contributed by atoms with Crippen LogP contribution in [0, 0.1) is 0 Å². The van der Waals surface area contributed by atoms with Crippen LogP contribution in [0.15, 0.2) is 65.6 Å². The smallest absolute Gasteiger partial charge is 0.358 e. The number of hydrogen-bond donors (Lipinski definition) is 1. The van der Waals surface area contributed by atoms with Crippen LogP contribution in [0.5, 0.6) is 0 Å². The Kier molecular flexibility index (Phi) is 3.81. The van der Waals surface area contributed by atoms with Crippen LogP contribution in [-0.2, 0) is 4.74 Å². The van der Waals surface area contributed by atoms with Gasteiger partial charge in [-0.05, 0) is 42.5 Å². The lowest BCUT2D eigenvalue weighted by molar-refractivity contribution is 0.0593. The maximum Gasteiger partial charge on any atom is 0.358 e. The van der Waals surface area contributed by atoms with E-state index in [1.165, 1.54) is 7.11 Å². The van der Waals surface area contributed by atoms with Gasteiger partial charge in [-0.1, -0.05) is 12.1 Å². The van der Waals surface area contributed by atoms with Crippen molar-refractivity contribution < 1.29 is 9.53 Å². The highest BCUT2D eigenvalue weighted by Crippen LogP contribution is 2.18. The fourth-order valence-electron chi connectivity index (χ4n) is 2.68. The fourth-order valence-corrected chi connectivity index (χ4v) is 2.68. The minimum Gasteiger partial charge on any atom is -0.464 e. The number of benzene rings is 2. The summed E-state index contributed by atoms with van der Waals surface area (Å²) >= 11 is 0. The van der Waals surface area contributed by atoms with E-state index in [0.717, 1.165) is 11.3 Å². The number of para-hydroxylation sites is 1. The second-order valence-corrected chi connectivity index (χ2v) is 5.62. The van der Waals surface area contributed by atoms with Crippen molar-refractivity contribution in [1.82, 2.24) is 19.7 Å². The van der Waals surface area contributed by atoms with Crippen molar-refractivity contribution in [3.63, 3.8) is 0 Å². The molecule has 0 amide bonds. The zero-order chi connectivity index (χ0) is 18.1. The van der Waals surface area contributed by atoms with Crippen LogP contribution in [0.4, 0.5) is 0 Å². The van der Waals surface area contributed by atoms with E-state index in [0.29, 0.717) is 16.7 Å². The summed E-state index contributed by atoms with van der Waals surface area (Å²) in [7, 11) is 1.31. The first-order valence-corrected chi connectivity index (χ1v) is 7.89.